The van der Waals surface area contributed by atoms with Crippen molar-refractivity contribution in [2.24, 2.45) is 0 Å². The minimum Gasteiger partial charge on any atom is -0.199 e. The zero-order valence-electron chi connectivity index (χ0n) is 5.85. The summed E-state index contributed by atoms with van der Waals surface area (Å²) in [7, 11) is 3.85. The summed E-state index contributed by atoms with van der Waals surface area (Å²) in [6.07, 6.45) is 1.74. The van der Waals surface area contributed by atoms with Gasteiger partial charge in [0.05, 0.1) is 0 Å². The third-order valence-corrected chi connectivity index (χ3v) is 0.902. The highest BCUT2D eigenvalue weighted by molar-refractivity contribution is 4.44. The first-order valence-electron chi connectivity index (χ1n) is 2.74. The topological polar surface area (TPSA) is 9.23 Å². The summed E-state index contributed by atoms with van der Waals surface area (Å²) in [6, 6.07) is 0. The molecule has 8 heavy (non-hydrogen) atoms. The van der Waals surface area contributed by atoms with E-state index in [0.29, 0.717) is 4.65 Å². The first-order chi connectivity index (χ1) is 3.62. The van der Waals surface area contributed by atoms with Gasteiger partial charge in [-0.05, 0) is 13.5 Å². The van der Waals surface area contributed by atoms with Gasteiger partial charge in [-0.1, -0.05) is 0 Å². The van der Waals surface area contributed by atoms with Crippen molar-refractivity contribution in [2.45, 2.75) is 6.92 Å². The molecule has 0 aliphatic carbocycles. The maximum atomic E-state index is 5.20. The van der Waals surface area contributed by atoms with Crippen LogP contribution in [0.1, 0.15) is 6.92 Å². The Morgan fingerprint density at radius 1 is 1.62 bits per heavy atom. The molecule has 0 unspecified atom stereocenters. The summed E-state index contributed by atoms with van der Waals surface area (Å²) in [6.45, 7) is 6.28. The monoisotopic (exact) mass is 116 g/mol. The summed E-state index contributed by atoms with van der Waals surface area (Å²) in [5.74, 6) is 0. The Hall–Kier alpha value is -0.340. The Morgan fingerprint density at radius 2 is 2.12 bits per heavy atom. The summed E-state index contributed by atoms with van der Waals surface area (Å²) >= 11 is 0. The normalized spacial score (nSPS) is 11.4. The fraction of sp³-hybridized carbons (Fsp3) is 0.667. The van der Waals surface area contributed by atoms with E-state index in [1.165, 1.54) is 0 Å². The predicted octanol–water partition coefficient (Wildman–Crippen LogP) is 1.16. The Bertz CT molecular complexity index is 78.6. The molecule has 0 saturated carbocycles. The van der Waals surface area contributed by atoms with Gasteiger partial charge in [0.25, 0.3) is 0 Å². The Balaban J connectivity index is 3.53. The molecule has 0 atom stereocenters. The van der Waals surface area contributed by atoms with Gasteiger partial charge in [0.15, 0.2) is 0 Å². The van der Waals surface area contributed by atoms with Crippen LogP contribution in [0.4, 0.5) is 0 Å². The molecule has 0 aromatic heterocycles. The van der Waals surface area contributed by atoms with E-state index in [-0.39, 0.29) is 0 Å². The molecule has 0 amide bonds. The molecular weight excluding hydrogens is 102 g/mol. The minimum atomic E-state index is 0.427. The largest absolute Gasteiger partial charge is 0.199 e. The molecule has 0 aliphatic heterocycles. The third kappa shape index (κ3) is 2.77. The summed E-state index contributed by atoms with van der Waals surface area (Å²) in [5, 5.41) is 0. The van der Waals surface area contributed by atoms with Gasteiger partial charge in [-0.25, -0.2) is 0 Å². The average Bonchev–Trinajstić information content (AvgIpc) is 1.67. The van der Waals surface area contributed by atoms with Crippen LogP contribution in [0.5, 0.6) is 0 Å². The van der Waals surface area contributed by atoms with Gasteiger partial charge < -0.3 is 0 Å². The second kappa shape index (κ2) is 2.84. The number of hydroxylamine groups is 3. The molecule has 0 aromatic carbocycles. The molecule has 0 radical (unpaired) electrons. The van der Waals surface area contributed by atoms with Crippen LogP contribution in [-0.4, -0.2) is 25.3 Å². The third-order valence-electron chi connectivity index (χ3n) is 0.902. The maximum Gasteiger partial charge on any atom is 0.121 e. The van der Waals surface area contributed by atoms with Gasteiger partial charge in [-0.3, -0.25) is 0 Å². The molecule has 0 fully saturated rings. The summed E-state index contributed by atoms with van der Waals surface area (Å²) < 4.78 is 0.427. The zero-order chi connectivity index (χ0) is 6.62. The first kappa shape index (κ1) is 7.66. The van der Waals surface area contributed by atoms with Gasteiger partial charge in [0, 0.05) is 0 Å². The van der Waals surface area contributed by atoms with E-state index in [1.54, 1.807) is 6.20 Å². The fourth-order valence-corrected chi connectivity index (χ4v) is 0.385. The van der Waals surface area contributed by atoms with Gasteiger partial charge >= 0.3 is 0 Å². The van der Waals surface area contributed by atoms with E-state index in [2.05, 4.69) is 6.58 Å². The maximum absolute atomic E-state index is 5.20. The molecular formula is C6H14NO+. The van der Waals surface area contributed by atoms with Crippen molar-refractivity contribution >= 4 is 0 Å². The standard InChI is InChI=1S/C6H14NO/c1-5-7(3,4)8-6-2/h5H,1,6H2,2-4H3/q+1. The van der Waals surface area contributed by atoms with Crippen molar-refractivity contribution < 1.29 is 9.48 Å². The van der Waals surface area contributed by atoms with E-state index in [1.807, 2.05) is 21.0 Å². The van der Waals surface area contributed by atoms with Crippen LogP contribution in [-0.2, 0) is 4.84 Å². The van der Waals surface area contributed by atoms with E-state index >= 15 is 0 Å². The Morgan fingerprint density at radius 3 is 2.25 bits per heavy atom. The van der Waals surface area contributed by atoms with Crippen molar-refractivity contribution in [2.75, 3.05) is 20.7 Å². The number of nitrogens with zero attached hydrogens (tertiary/aromatic N) is 1. The minimum absolute atomic E-state index is 0.427. The van der Waals surface area contributed by atoms with Crippen LogP contribution >= 0.6 is 0 Å². The molecule has 0 bridgehead atoms. The van der Waals surface area contributed by atoms with Gasteiger partial charge in [-0.2, -0.15) is 9.48 Å². The second-order valence-corrected chi connectivity index (χ2v) is 2.03. The number of hydrogen-bond donors (Lipinski definition) is 0. The summed E-state index contributed by atoms with van der Waals surface area (Å²) in [4.78, 5) is 5.20. The molecule has 0 saturated heterocycles. The number of quaternary nitrogens is 1. The lowest BCUT2D eigenvalue weighted by Gasteiger charge is -2.20. The zero-order valence-corrected chi connectivity index (χ0v) is 5.85. The van der Waals surface area contributed by atoms with Gasteiger partial charge in [0.2, 0.25) is 0 Å². The quantitative estimate of drug-likeness (QED) is 0.397. The van der Waals surface area contributed by atoms with Crippen LogP contribution in [0.2, 0.25) is 0 Å². The highest BCUT2D eigenvalue weighted by Gasteiger charge is 2.07. The lowest BCUT2D eigenvalue weighted by molar-refractivity contribution is -1.04. The lowest BCUT2D eigenvalue weighted by Crippen LogP contribution is -2.32. The van der Waals surface area contributed by atoms with Crippen LogP contribution < -0.4 is 0 Å². The molecule has 0 heterocycles. The molecule has 0 N–H and O–H groups in total. The smallest absolute Gasteiger partial charge is 0.121 e. The summed E-state index contributed by atoms with van der Waals surface area (Å²) in [5.41, 5.74) is 0. The molecule has 2 nitrogen and oxygen atoms in total. The average molecular weight is 116 g/mol. The van der Waals surface area contributed by atoms with Crippen molar-refractivity contribution in [1.29, 1.82) is 0 Å². The fourth-order valence-electron chi connectivity index (χ4n) is 0.385. The van der Waals surface area contributed by atoms with Crippen LogP contribution in [0.15, 0.2) is 12.8 Å². The SMILES string of the molecule is C=C[N+](C)(C)OCC. The van der Waals surface area contributed by atoms with E-state index in [4.69, 9.17) is 4.84 Å². The number of rotatable bonds is 3. The van der Waals surface area contributed by atoms with Crippen LogP contribution in [0.25, 0.3) is 0 Å². The van der Waals surface area contributed by atoms with Crippen molar-refractivity contribution in [1.82, 2.24) is 0 Å². The molecule has 0 aliphatic rings. The van der Waals surface area contributed by atoms with E-state index in [9.17, 15) is 0 Å². The van der Waals surface area contributed by atoms with Gasteiger partial charge in [0.1, 0.15) is 26.9 Å². The van der Waals surface area contributed by atoms with Crippen LogP contribution in [0, 0.1) is 0 Å². The molecule has 0 spiro atoms. The highest BCUT2D eigenvalue weighted by atomic mass is 16.7. The predicted molar refractivity (Wildman–Crippen MR) is 33.9 cm³/mol. The van der Waals surface area contributed by atoms with Crippen LogP contribution in [0.3, 0.4) is 0 Å². The Labute approximate surface area is 50.9 Å². The molecule has 0 rings (SSSR count). The van der Waals surface area contributed by atoms with Crippen molar-refractivity contribution in [3.8, 4) is 0 Å². The van der Waals surface area contributed by atoms with E-state index in [0.717, 1.165) is 6.61 Å². The number of hydrogen-bond acceptors (Lipinski definition) is 1. The molecule has 0 aromatic rings. The first-order valence-corrected chi connectivity index (χ1v) is 2.74. The lowest BCUT2D eigenvalue weighted by atomic mass is 10.8. The highest BCUT2D eigenvalue weighted by Crippen LogP contribution is 1.96. The molecule has 48 valence electrons. The second-order valence-electron chi connectivity index (χ2n) is 2.03. The van der Waals surface area contributed by atoms with Crippen molar-refractivity contribution in [3.63, 3.8) is 0 Å². The van der Waals surface area contributed by atoms with Gasteiger partial charge in [-0.15, -0.1) is 0 Å². The molecule has 2 heteroatoms. The Kier molecular flexibility index (Phi) is 2.72. The van der Waals surface area contributed by atoms with Crippen molar-refractivity contribution in [3.05, 3.63) is 12.8 Å². The van der Waals surface area contributed by atoms with E-state index < -0.39 is 0 Å².